The molecule has 0 saturated heterocycles. The Morgan fingerprint density at radius 1 is 0.949 bits per heavy atom. The molecule has 7 heteroatoms. The Balaban J connectivity index is 1.76. The van der Waals surface area contributed by atoms with Crippen LogP contribution in [0.3, 0.4) is 0 Å². The minimum absolute atomic E-state index is 0.00207. The second-order valence-electron chi connectivity index (χ2n) is 11.0. The lowest BCUT2D eigenvalue weighted by atomic mass is 9.86. The fourth-order valence-corrected chi connectivity index (χ4v) is 4.65. The molecule has 0 unspecified atom stereocenters. The average Bonchev–Trinajstić information content (AvgIpc) is 3.35. The van der Waals surface area contributed by atoms with Crippen molar-refractivity contribution in [2.24, 2.45) is 0 Å². The number of hydrogen-bond acceptors (Lipinski definition) is 3. The van der Waals surface area contributed by atoms with Crippen LogP contribution < -0.4 is 0 Å². The molecular formula is C32H42BrN3O3. The number of hydrogen-bond donors (Lipinski definition) is 0. The first-order chi connectivity index (χ1) is 18.6. The number of amides is 2. The Hall–Kier alpha value is -2.90. The molecule has 0 N–H and O–H groups in total. The topological polar surface area (TPSA) is 54.8 Å². The quantitative estimate of drug-likeness (QED) is 0.226. The molecule has 2 amide bonds. The fraction of sp³-hybridized carbons (Fsp3) is 0.438. The molecule has 1 aromatic heterocycles. The number of benzene rings is 2. The Morgan fingerprint density at radius 3 is 2.26 bits per heavy atom. The van der Waals surface area contributed by atoms with Crippen molar-refractivity contribution in [2.75, 3.05) is 33.4 Å². The van der Waals surface area contributed by atoms with Gasteiger partial charge in [0.15, 0.2) is 0 Å². The van der Waals surface area contributed by atoms with Crippen LogP contribution in [0.15, 0.2) is 71.3 Å². The maximum atomic E-state index is 13.7. The monoisotopic (exact) mass is 595 g/mol. The van der Waals surface area contributed by atoms with E-state index in [1.165, 1.54) is 5.56 Å². The van der Waals surface area contributed by atoms with Crippen LogP contribution in [0, 0.1) is 0 Å². The largest absolute Gasteiger partial charge is 0.383 e. The number of ether oxygens (including phenoxy) is 1. The number of methoxy groups -OCH3 is 1. The number of rotatable bonds is 13. The maximum absolute atomic E-state index is 13.7. The number of aromatic nitrogens is 1. The van der Waals surface area contributed by atoms with Gasteiger partial charge in [0.25, 0.3) is 5.91 Å². The zero-order valence-corrected chi connectivity index (χ0v) is 25.5. The smallest absolute Gasteiger partial charge is 0.254 e. The summed E-state index contributed by atoms with van der Waals surface area (Å²) < 4.78 is 8.50. The van der Waals surface area contributed by atoms with Crippen LogP contribution in [-0.2, 0) is 28.0 Å². The summed E-state index contributed by atoms with van der Waals surface area (Å²) >= 11 is 3.49. The first-order valence-corrected chi connectivity index (χ1v) is 14.5. The summed E-state index contributed by atoms with van der Waals surface area (Å²) in [5, 5.41) is 0. The van der Waals surface area contributed by atoms with Gasteiger partial charge in [0.1, 0.15) is 6.54 Å². The molecule has 0 aliphatic carbocycles. The molecule has 0 radical (unpaired) electrons. The van der Waals surface area contributed by atoms with E-state index in [-0.39, 0.29) is 23.8 Å². The Bertz CT molecular complexity index is 1200. The molecule has 0 bridgehead atoms. The van der Waals surface area contributed by atoms with Crippen LogP contribution in [0.5, 0.6) is 0 Å². The van der Waals surface area contributed by atoms with E-state index in [2.05, 4.69) is 72.6 Å². The fourth-order valence-electron chi connectivity index (χ4n) is 4.38. The molecule has 0 aliphatic heterocycles. The zero-order chi connectivity index (χ0) is 28.4. The van der Waals surface area contributed by atoms with Gasteiger partial charge in [0.2, 0.25) is 5.91 Å². The van der Waals surface area contributed by atoms with E-state index < -0.39 is 0 Å². The molecule has 1 heterocycles. The predicted octanol–water partition coefficient (Wildman–Crippen LogP) is 6.51. The van der Waals surface area contributed by atoms with Gasteiger partial charge in [0, 0.05) is 48.7 Å². The van der Waals surface area contributed by atoms with Crippen LogP contribution in [0.25, 0.3) is 0 Å². The second kappa shape index (κ2) is 14.5. The minimum Gasteiger partial charge on any atom is -0.383 e. The highest BCUT2D eigenvalue weighted by Gasteiger charge is 2.24. The lowest BCUT2D eigenvalue weighted by molar-refractivity contribution is -0.132. The molecule has 3 aromatic rings. The molecule has 6 nitrogen and oxygen atoms in total. The van der Waals surface area contributed by atoms with Crippen molar-refractivity contribution in [2.45, 2.75) is 59.0 Å². The molecule has 0 saturated carbocycles. The number of halogens is 1. The van der Waals surface area contributed by atoms with E-state index in [4.69, 9.17) is 4.74 Å². The number of carbonyl (C=O) groups excluding carboxylic acids is 2. The van der Waals surface area contributed by atoms with E-state index in [0.29, 0.717) is 31.8 Å². The minimum atomic E-state index is -0.157. The summed E-state index contributed by atoms with van der Waals surface area (Å²) in [5.41, 5.74) is 4.00. The third kappa shape index (κ3) is 9.07. The standard InChI is InChI=1S/C32H42BrN3O3/c1-6-7-18-35(23-29-9-8-19-34(29)22-25-10-16-28(33)17-11-25)30(37)24-36(20-21-39-5)31(38)26-12-14-27(15-13-26)32(2,3)4/h8-17,19H,6-7,18,20-24H2,1-5H3. The van der Waals surface area contributed by atoms with Crippen molar-refractivity contribution in [3.63, 3.8) is 0 Å². The molecule has 3 rings (SSSR count). The van der Waals surface area contributed by atoms with Crippen molar-refractivity contribution < 1.29 is 14.3 Å². The van der Waals surface area contributed by atoms with Crippen LogP contribution >= 0.6 is 15.9 Å². The molecule has 0 fully saturated rings. The highest BCUT2D eigenvalue weighted by atomic mass is 79.9. The normalized spacial score (nSPS) is 11.4. The molecule has 0 spiro atoms. The number of nitrogens with zero attached hydrogens (tertiary/aromatic N) is 3. The lowest BCUT2D eigenvalue weighted by Gasteiger charge is -2.28. The third-order valence-corrected chi connectivity index (χ3v) is 7.38. The van der Waals surface area contributed by atoms with Gasteiger partial charge in [0.05, 0.1) is 13.2 Å². The van der Waals surface area contributed by atoms with Crippen LogP contribution in [-0.4, -0.2) is 59.5 Å². The van der Waals surface area contributed by atoms with Crippen LogP contribution in [0.1, 0.15) is 67.7 Å². The van der Waals surface area contributed by atoms with Crippen molar-refractivity contribution in [3.8, 4) is 0 Å². The van der Waals surface area contributed by atoms with Gasteiger partial charge >= 0.3 is 0 Å². The highest BCUT2D eigenvalue weighted by Crippen LogP contribution is 2.23. The maximum Gasteiger partial charge on any atom is 0.254 e. The Morgan fingerprint density at radius 2 is 1.64 bits per heavy atom. The van der Waals surface area contributed by atoms with E-state index in [0.717, 1.165) is 35.1 Å². The summed E-state index contributed by atoms with van der Waals surface area (Å²) in [5.74, 6) is -0.217. The SMILES string of the molecule is CCCCN(Cc1cccn1Cc1ccc(Br)cc1)C(=O)CN(CCOC)C(=O)c1ccc(C(C)(C)C)cc1. The molecular weight excluding hydrogens is 554 g/mol. The van der Waals surface area contributed by atoms with Gasteiger partial charge in [-0.15, -0.1) is 0 Å². The van der Waals surface area contributed by atoms with Crippen molar-refractivity contribution >= 4 is 27.7 Å². The van der Waals surface area contributed by atoms with E-state index in [1.807, 2.05) is 47.4 Å². The lowest BCUT2D eigenvalue weighted by Crippen LogP contribution is -2.44. The summed E-state index contributed by atoms with van der Waals surface area (Å²) in [6.45, 7) is 11.2. The number of unbranched alkanes of at least 4 members (excludes halogenated alkanes) is 1. The Labute approximate surface area is 242 Å². The molecule has 0 aliphatic rings. The van der Waals surface area contributed by atoms with Gasteiger partial charge < -0.3 is 19.1 Å². The first-order valence-electron chi connectivity index (χ1n) is 13.7. The zero-order valence-electron chi connectivity index (χ0n) is 24.0. The van der Waals surface area contributed by atoms with E-state index >= 15 is 0 Å². The van der Waals surface area contributed by atoms with Crippen LogP contribution in [0.4, 0.5) is 0 Å². The summed E-state index contributed by atoms with van der Waals surface area (Å²) in [7, 11) is 1.61. The van der Waals surface area contributed by atoms with E-state index in [1.54, 1.807) is 12.0 Å². The van der Waals surface area contributed by atoms with Crippen molar-refractivity contribution in [1.82, 2.24) is 14.4 Å². The molecule has 210 valence electrons. The summed E-state index contributed by atoms with van der Waals surface area (Å²) in [6, 6.07) is 20.1. The van der Waals surface area contributed by atoms with E-state index in [9.17, 15) is 9.59 Å². The number of carbonyl (C=O) groups is 2. The van der Waals surface area contributed by atoms with Gasteiger partial charge in [-0.2, -0.15) is 0 Å². The van der Waals surface area contributed by atoms with Gasteiger partial charge in [-0.25, -0.2) is 0 Å². The predicted molar refractivity (Wildman–Crippen MR) is 161 cm³/mol. The molecule has 2 aromatic carbocycles. The van der Waals surface area contributed by atoms with Gasteiger partial charge in [-0.05, 0) is 59.4 Å². The van der Waals surface area contributed by atoms with Crippen molar-refractivity contribution in [1.29, 1.82) is 0 Å². The Kier molecular flexibility index (Phi) is 11.4. The van der Waals surface area contributed by atoms with Crippen molar-refractivity contribution in [3.05, 3.63) is 93.7 Å². The average molecular weight is 597 g/mol. The molecule has 39 heavy (non-hydrogen) atoms. The molecule has 0 atom stereocenters. The van der Waals surface area contributed by atoms with Crippen LogP contribution in [0.2, 0.25) is 0 Å². The second-order valence-corrected chi connectivity index (χ2v) is 11.9. The van der Waals surface area contributed by atoms with Gasteiger partial charge in [-0.3, -0.25) is 9.59 Å². The summed E-state index contributed by atoms with van der Waals surface area (Å²) in [4.78, 5) is 30.6. The summed E-state index contributed by atoms with van der Waals surface area (Å²) in [6.07, 6.45) is 3.94. The highest BCUT2D eigenvalue weighted by molar-refractivity contribution is 9.10. The third-order valence-electron chi connectivity index (χ3n) is 6.85. The van der Waals surface area contributed by atoms with Gasteiger partial charge in [-0.1, -0.05) is 74.3 Å². The first kappa shape index (κ1) is 30.6.